The highest BCUT2D eigenvalue weighted by molar-refractivity contribution is 9.10. The van der Waals surface area contributed by atoms with Crippen LogP contribution >= 0.6 is 27.3 Å². The molecule has 0 aliphatic carbocycles. The normalized spacial score (nSPS) is 10.7. The van der Waals surface area contributed by atoms with Crippen molar-refractivity contribution in [2.24, 2.45) is 0 Å². The lowest BCUT2D eigenvalue weighted by Gasteiger charge is -2.00. The molecule has 0 amide bonds. The minimum Gasteiger partial charge on any atom is -0.293 e. The monoisotopic (exact) mass is 330 g/mol. The zero-order valence-corrected chi connectivity index (χ0v) is 11.9. The molecule has 5 heteroatoms. The first kappa shape index (κ1) is 13.4. The molecular formula is C13H9BrF2OS. The fourth-order valence-electron chi connectivity index (χ4n) is 1.52. The molecule has 0 spiro atoms. The number of ketones is 1. The Hall–Kier alpha value is -1.07. The van der Waals surface area contributed by atoms with Crippen LogP contribution < -0.4 is 0 Å². The summed E-state index contributed by atoms with van der Waals surface area (Å²) in [4.78, 5) is 13.6. The molecule has 0 fully saturated rings. The largest absolute Gasteiger partial charge is 0.293 e. The van der Waals surface area contributed by atoms with E-state index in [1.807, 2.05) is 6.92 Å². The van der Waals surface area contributed by atoms with Gasteiger partial charge in [0.05, 0.1) is 4.88 Å². The predicted molar refractivity (Wildman–Crippen MR) is 71.1 cm³/mol. The van der Waals surface area contributed by atoms with E-state index in [0.717, 1.165) is 21.5 Å². The van der Waals surface area contributed by atoms with Crippen molar-refractivity contribution in [2.45, 2.75) is 13.3 Å². The number of hydrogen-bond donors (Lipinski definition) is 0. The predicted octanol–water partition coefficient (Wildman–Crippen LogP) is 4.52. The first-order valence-electron chi connectivity index (χ1n) is 5.20. The summed E-state index contributed by atoms with van der Waals surface area (Å²) < 4.78 is 26.7. The number of carbonyl (C=O) groups is 1. The number of hydrogen-bond acceptors (Lipinski definition) is 2. The molecule has 0 aliphatic rings. The average Bonchev–Trinajstić information content (AvgIpc) is 2.65. The molecule has 1 aromatic heterocycles. The Balaban J connectivity index is 2.18. The summed E-state index contributed by atoms with van der Waals surface area (Å²) in [5.74, 6) is -1.93. The Morgan fingerprint density at radius 1 is 1.28 bits per heavy atom. The number of carbonyl (C=O) groups excluding carboxylic acids is 1. The van der Waals surface area contributed by atoms with Gasteiger partial charge in [-0.25, -0.2) is 8.78 Å². The summed E-state index contributed by atoms with van der Waals surface area (Å²) in [5, 5.41) is 0. The molecule has 0 unspecified atom stereocenters. The number of aryl methyl sites for hydroxylation is 1. The van der Waals surface area contributed by atoms with Crippen LogP contribution in [-0.2, 0) is 6.42 Å². The van der Waals surface area contributed by atoms with Crippen molar-refractivity contribution < 1.29 is 13.6 Å². The highest BCUT2D eigenvalue weighted by Gasteiger charge is 2.13. The second-order valence-corrected chi connectivity index (χ2v) is 5.97. The Labute approximate surface area is 116 Å². The van der Waals surface area contributed by atoms with Crippen LogP contribution in [-0.4, -0.2) is 5.78 Å². The standard InChI is InChI=1S/C13H9BrF2OS/c1-7-9(14)6-13(18-7)12(17)5-8-2-3-10(15)11(16)4-8/h2-4,6H,5H2,1H3. The zero-order valence-electron chi connectivity index (χ0n) is 9.47. The van der Waals surface area contributed by atoms with Gasteiger partial charge in [0.1, 0.15) is 0 Å². The summed E-state index contributed by atoms with van der Waals surface area (Å²) in [5.41, 5.74) is 0.473. The zero-order chi connectivity index (χ0) is 13.3. The molecule has 0 saturated carbocycles. The third-order valence-electron chi connectivity index (χ3n) is 2.48. The molecular weight excluding hydrogens is 322 g/mol. The van der Waals surface area contributed by atoms with E-state index in [2.05, 4.69) is 15.9 Å². The van der Waals surface area contributed by atoms with Gasteiger partial charge in [-0.15, -0.1) is 11.3 Å². The van der Waals surface area contributed by atoms with E-state index in [1.165, 1.54) is 17.4 Å². The topological polar surface area (TPSA) is 17.1 Å². The van der Waals surface area contributed by atoms with Crippen LogP contribution in [0.2, 0.25) is 0 Å². The minimum absolute atomic E-state index is 0.0730. The van der Waals surface area contributed by atoms with Gasteiger partial charge >= 0.3 is 0 Å². The Bertz CT molecular complexity index is 588. The first-order chi connectivity index (χ1) is 8.47. The Kier molecular flexibility index (Phi) is 3.92. The number of Topliss-reactive ketones (excluding diaryl/α,β-unsaturated/α-hetero) is 1. The summed E-state index contributed by atoms with van der Waals surface area (Å²) in [6, 6.07) is 5.27. The summed E-state index contributed by atoms with van der Waals surface area (Å²) >= 11 is 4.72. The quantitative estimate of drug-likeness (QED) is 0.756. The second kappa shape index (κ2) is 5.28. The number of halogens is 3. The van der Waals surface area contributed by atoms with Gasteiger partial charge < -0.3 is 0 Å². The van der Waals surface area contributed by atoms with Crippen LogP contribution in [0.3, 0.4) is 0 Å². The van der Waals surface area contributed by atoms with Crippen molar-refractivity contribution in [2.75, 3.05) is 0 Å². The van der Waals surface area contributed by atoms with E-state index in [1.54, 1.807) is 6.07 Å². The van der Waals surface area contributed by atoms with Crippen LogP contribution in [0.5, 0.6) is 0 Å². The van der Waals surface area contributed by atoms with Gasteiger partial charge in [0, 0.05) is 15.8 Å². The molecule has 2 rings (SSSR count). The second-order valence-electron chi connectivity index (χ2n) is 3.86. The van der Waals surface area contributed by atoms with Gasteiger partial charge in [-0.2, -0.15) is 0 Å². The van der Waals surface area contributed by atoms with Crippen molar-refractivity contribution in [1.29, 1.82) is 0 Å². The molecule has 0 saturated heterocycles. The average molecular weight is 331 g/mol. The van der Waals surface area contributed by atoms with E-state index in [9.17, 15) is 13.6 Å². The van der Waals surface area contributed by atoms with Crippen molar-refractivity contribution >= 4 is 33.0 Å². The number of benzene rings is 1. The molecule has 94 valence electrons. The highest BCUT2D eigenvalue weighted by Crippen LogP contribution is 2.27. The first-order valence-corrected chi connectivity index (χ1v) is 6.81. The number of thiophene rings is 1. The smallest absolute Gasteiger partial charge is 0.177 e. The van der Waals surface area contributed by atoms with E-state index in [-0.39, 0.29) is 12.2 Å². The lowest BCUT2D eigenvalue weighted by Crippen LogP contribution is -2.02. The third kappa shape index (κ3) is 2.84. The summed E-state index contributed by atoms with van der Waals surface area (Å²) in [6.45, 7) is 1.91. The molecule has 1 nitrogen and oxygen atoms in total. The van der Waals surface area contributed by atoms with E-state index >= 15 is 0 Å². The third-order valence-corrected chi connectivity index (χ3v) is 4.66. The maximum Gasteiger partial charge on any atom is 0.177 e. The highest BCUT2D eigenvalue weighted by atomic mass is 79.9. The molecule has 2 aromatic rings. The fraction of sp³-hybridized carbons (Fsp3) is 0.154. The van der Waals surface area contributed by atoms with Gasteiger partial charge in [0.2, 0.25) is 0 Å². The summed E-state index contributed by atoms with van der Waals surface area (Å²) in [6.07, 6.45) is 0.0730. The van der Waals surface area contributed by atoms with E-state index in [0.29, 0.717) is 10.4 Å². The molecule has 18 heavy (non-hydrogen) atoms. The van der Waals surface area contributed by atoms with Gasteiger partial charge in [0.25, 0.3) is 0 Å². The molecule has 0 atom stereocenters. The molecule has 0 bridgehead atoms. The lowest BCUT2D eigenvalue weighted by molar-refractivity contribution is 0.0996. The Morgan fingerprint density at radius 2 is 2.00 bits per heavy atom. The van der Waals surface area contributed by atoms with Crippen molar-refractivity contribution in [3.63, 3.8) is 0 Å². The minimum atomic E-state index is -0.927. The van der Waals surface area contributed by atoms with Gasteiger partial charge in [0.15, 0.2) is 17.4 Å². The van der Waals surface area contributed by atoms with E-state index in [4.69, 9.17) is 0 Å². The van der Waals surface area contributed by atoms with Crippen molar-refractivity contribution in [1.82, 2.24) is 0 Å². The van der Waals surface area contributed by atoms with Crippen LogP contribution in [0.1, 0.15) is 20.1 Å². The van der Waals surface area contributed by atoms with Gasteiger partial charge in [-0.1, -0.05) is 6.07 Å². The molecule has 1 aromatic carbocycles. The SMILES string of the molecule is Cc1sc(C(=O)Cc2ccc(F)c(F)c2)cc1Br. The van der Waals surface area contributed by atoms with Crippen LogP contribution in [0.4, 0.5) is 8.78 Å². The van der Waals surface area contributed by atoms with Crippen LogP contribution in [0, 0.1) is 18.6 Å². The molecule has 0 radical (unpaired) electrons. The van der Waals surface area contributed by atoms with E-state index < -0.39 is 11.6 Å². The molecule has 1 heterocycles. The Morgan fingerprint density at radius 3 is 2.56 bits per heavy atom. The number of rotatable bonds is 3. The maximum absolute atomic E-state index is 13.0. The summed E-state index contributed by atoms with van der Waals surface area (Å²) in [7, 11) is 0. The van der Waals surface area contributed by atoms with Crippen molar-refractivity contribution in [3.05, 3.63) is 55.7 Å². The van der Waals surface area contributed by atoms with Crippen LogP contribution in [0.15, 0.2) is 28.7 Å². The fourth-order valence-corrected chi connectivity index (χ4v) is 2.99. The maximum atomic E-state index is 13.0. The van der Waals surface area contributed by atoms with Gasteiger partial charge in [-0.05, 0) is 46.6 Å². The van der Waals surface area contributed by atoms with Crippen molar-refractivity contribution in [3.8, 4) is 0 Å². The molecule has 0 N–H and O–H groups in total. The van der Waals surface area contributed by atoms with Crippen LogP contribution in [0.25, 0.3) is 0 Å². The molecule has 0 aliphatic heterocycles. The van der Waals surface area contributed by atoms with Gasteiger partial charge in [-0.3, -0.25) is 4.79 Å². The lowest BCUT2D eigenvalue weighted by atomic mass is 10.1.